The molecule has 8 aromatic rings. The van der Waals surface area contributed by atoms with E-state index in [0.29, 0.717) is 0 Å². The van der Waals surface area contributed by atoms with Crippen LogP contribution < -0.4 is 4.90 Å². The smallest absolute Gasteiger partial charge is 0.135 e. The monoisotopic (exact) mass is 576 g/mol. The van der Waals surface area contributed by atoms with Gasteiger partial charge >= 0.3 is 0 Å². The van der Waals surface area contributed by atoms with Gasteiger partial charge < -0.3 is 13.9 Å². The average Bonchev–Trinajstić information content (AvgIpc) is 3.75. The molecule has 10 rings (SSSR count). The molecule has 2 unspecified atom stereocenters. The molecular formula is C42H28N2O. The van der Waals surface area contributed by atoms with E-state index in [1.807, 2.05) is 12.1 Å². The van der Waals surface area contributed by atoms with Crippen molar-refractivity contribution in [1.82, 2.24) is 4.57 Å². The maximum atomic E-state index is 6.14. The molecule has 0 fully saturated rings. The molecule has 2 atom stereocenters. The Labute approximate surface area is 260 Å². The Balaban J connectivity index is 1.11. The molecule has 3 heterocycles. The lowest BCUT2D eigenvalue weighted by molar-refractivity contribution is 0.669. The van der Waals surface area contributed by atoms with E-state index < -0.39 is 0 Å². The van der Waals surface area contributed by atoms with Gasteiger partial charge in [0.25, 0.3) is 0 Å². The number of hydrogen-bond acceptors (Lipinski definition) is 2. The summed E-state index contributed by atoms with van der Waals surface area (Å²) in [6.07, 6.45) is 7.19. The molecule has 0 bridgehead atoms. The van der Waals surface area contributed by atoms with E-state index in [4.69, 9.17) is 4.42 Å². The van der Waals surface area contributed by atoms with Crippen LogP contribution in [0.25, 0.3) is 55.0 Å². The molecule has 0 radical (unpaired) electrons. The molecular weight excluding hydrogens is 548 g/mol. The molecule has 0 N–H and O–H groups in total. The van der Waals surface area contributed by atoms with E-state index >= 15 is 0 Å². The predicted molar refractivity (Wildman–Crippen MR) is 187 cm³/mol. The number of benzene rings is 6. The van der Waals surface area contributed by atoms with Gasteiger partial charge in [-0.3, -0.25) is 0 Å². The molecule has 1 aliphatic carbocycles. The molecule has 3 nitrogen and oxygen atoms in total. The molecule has 6 aromatic carbocycles. The van der Waals surface area contributed by atoms with Gasteiger partial charge in [0.2, 0.25) is 0 Å². The number of aromatic nitrogens is 1. The molecule has 0 amide bonds. The molecule has 212 valence electrons. The summed E-state index contributed by atoms with van der Waals surface area (Å²) in [5.74, 6) is 0.287. The van der Waals surface area contributed by atoms with Crippen LogP contribution in [-0.2, 0) is 0 Å². The van der Waals surface area contributed by atoms with Crippen molar-refractivity contribution in [3.63, 3.8) is 0 Å². The molecule has 2 aliphatic rings. The van der Waals surface area contributed by atoms with Gasteiger partial charge in [-0.1, -0.05) is 97.1 Å². The number of furan rings is 1. The lowest BCUT2D eigenvalue weighted by Crippen LogP contribution is -2.28. The topological polar surface area (TPSA) is 21.3 Å². The quantitative estimate of drug-likeness (QED) is 0.209. The normalized spacial score (nSPS) is 17.3. The van der Waals surface area contributed by atoms with Gasteiger partial charge in [0.15, 0.2) is 0 Å². The van der Waals surface area contributed by atoms with Crippen molar-refractivity contribution < 1.29 is 4.42 Å². The van der Waals surface area contributed by atoms with E-state index in [-0.39, 0.29) is 12.0 Å². The number of anilines is 2. The molecule has 0 spiro atoms. The zero-order valence-corrected chi connectivity index (χ0v) is 24.5. The van der Waals surface area contributed by atoms with Crippen LogP contribution >= 0.6 is 0 Å². The SMILES string of the molecule is C1=CC2C(C=C1c1ccc3c(c1)c1ccccc1n3-c1ccc3oc4ccccc4c3c1)c1ccccc1N2c1ccccc1. The van der Waals surface area contributed by atoms with Crippen molar-refractivity contribution in [2.75, 3.05) is 4.90 Å². The van der Waals surface area contributed by atoms with Crippen molar-refractivity contribution in [1.29, 1.82) is 0 Å². The molecule has 3 heteroatoms. The highest BCUT2D eigenvalue weighted by atomic mass is 16.3. The van der Waals surface area contributed by atoms with E-state index in [1.165, 1.54) is 49.9 Å². The maximum absolute atomic E-state index is 6.14. The van der Waals surface area contributed by atoms with Crippen molar-refractivity contribution >= 4 is 60.7 Å². The van der Waals surface area contributed by atoms with Gasteiger partial charge in [0.1, 0.15) is 11.2 Å². The summed E-state index contributed by atoms with van der Waals surface area (Å²) in [4.78, 5) is 2.49. The second kappa shape index (κ2) is 9.35. The number of allylic oxidation sites excluding steroid dienone is 2. The van der Waals surface area contributed by atoms with Gasteiger partial charge in [0.05, 0.1) is 17.1 Å². The number of fused-ring (bicyclic) bond motifs is 9. The lowest BCUT2D eigenvalue weighted by Gasteiger charge is -2.29. The fraction of sp³-hybridized carbons (Fsp3) is 0.0476. The Kier molecular flexibility index (Phi) is 5.11. The maximum Gasteiger partial charge on any atom is 0.135 e. The first kappa shape index (κ1) is 24.6. The zero-order chi connectivity index (χ0) is 29.5. The van der Waals surface area contributed by atoms with Crippen molar-refractivity contribution in [3.05, 3.63) is 169 Å². The second-order valence-electron chi connectivity index (χ2n) is 12.1. The summed E-state index contributed by atoms with van der Waals surface area (Å²) in [6, 6.07) is 50.4. The van der Waals surface area contributed by atoms with Crippen LogP contribution in [0.1, 0.15) is 17.0 Å². The molecule has 45 heavy (non-hydrogen) atoms. The first-order chi connectivity index (χ1) is 22.3. The highest BCUT2D eigenvalue weighted by Crippen LogP contribution is 2.49. The van der Waals surface area contributed by atoms with Gasteiger partial charge in [-0.05, 0) is 77.4 Å². The number of rotatable bonds is 3. The van der Waals surface area contributed by atoms with Gasteiger partial charge in [-0.2, -0.15) is 0 Å². The number of nitrogens with zero attached hydrogens (tertiary/aromatic N) is 2. The Morgan fingerprint density at radius 1 is 0.533 bits per heavy atom. The first-order valence-electron chi connectivity index (χ1n) is 15.6. The van der Waals surface area contributed by atoms with Crippen LogP contribution in [0, 0.1) is 0 Å². The third-order valence-corrected chi connectivity index (χ3v) is 9.71. The van der Waals surface area contributed by atoms with E-state index in [1.54, 1.807) is 0 Å². The number of hydrogen-bond donors (Lipinski definition) is 0. The third-order valence-electron chi connectivity index (χ3n) is 9.71. The highest BCUT2D eigenvalue weighted by molar-refractivity contribution is 6.11. The van der Waals surface area contributed by atoms with E-state index in [2.05, 4.69) is 155 Å². The van der Waals surface area contributed by atoms with Crippen LogP contribution in [0.15, 0.2) is 162 Å². The molecule has 0 saturated carbocycles. The minimum Gasteiger partial charge on any atom is -0.456 e. The van der Waals surface area contributed by atoms with Crippen molar-refractivity contribution in [2.45, 2.75) is 12.0 Å². The van der Waals surface area contributed by atoms with Crippen LogP contribution in [0.4, 0.5) is 11.4 Å². The van der Waals surface area contributed by atoms with Crippen LogP contribution in [-0.4, -0.2) is 10.6 Å². The first-order valence-corrected chi connectivity index (χ1v) is 15.6. The summed E-state index contributed by atoms with van der Waals surface area (Å²) in [6.45, 7) is 0. The summed E-state index contributed by atoms with van der Waals surface area (Å²) in [7, 11) is 0. The highest BCUT2D eigenvalue weighted by Gasteiger charge is 2.38. The molecule has 0 saturated heterocycles. The van der Waals surface area contributed by atoms with Gasteiger partial charge in [0, 0.05) is 44.5 Å². The fourth-order valence-electron chi connectivity index (χ4n) is 7.72. The standard InChI is InChI=1S/C42H28N2O/c1-2-10-29(11-3-1)43-37-15-7-4-12-31(37)34-24-27(18-21-39(34)43)28-19-22-40-35(25-28)32-13-5-8-16-38(32)44(40)30-20-23-42-36(26-30)33-14-6-9-17-41(33)45-42/h1-26,34,39H. The van der Waals surface area contributed by atoms with Gasteiger partial charge in [-0.25, -0.2) is 0 Å². The van der Waals surface area contributed by atoms with E-state index in [0.717, 1.165) is 27.6 Å². The Bertz CT molecular complexity index is 2510. The summed E-state index contributed by atoms with van der Waals surface area (Å²) >= 11 is 0. The Morgan fingerprint density at radius 2 is 1.29 bits per heavy atom. The third kappa shape index (κ3) is 3.58. The van der Waals surface area contributed by atoms with Crippen LogP contribution in [0.5, 0.6) is 0 Å². The molecule has 1 aliphatic heterocycles. The largest absolute Gasteiger partial charge is 0.456 e. The lowest BCUT2D eigenvalue weighted by atomic mass is 9.86. The summed E-state index contributed by atoms with van der Waals surface area (Å²) in [5.41, 5.74) is 11.8. The van der Waals surface area contributed by atoms with Crippen LogP contribution in [0.3, 0.4) is 0 Å². The summed E-state index contributed by atoms with van der Waals surface area (Å²) in [5, 5.41) is 4.80. The minimum atomic E-state index is 0.258. The van der Waals surface area contributed by atoms with Gasteiger partial charge in [-0.15, -0.1) is 0 Å². The summed E-state index contributed by atoms with van der Waals surface area (Å²) < 4.78 is 8.53. The van der Waals surface area contributed by atoms with E-state index in [9.17, 15) is 0 Å². The molecule has 2 aromatic heterocycles. The number of para-hydroxylation sites is 4. The van der Waals surface area contributed by atoms with Crippen molar-refractivity contribution in [2.24, 2.45) is 0 Å². The Hall–Kier alpha value is -5.80. The fourth-order valence-corrected chi connectivity index (χ4v) is 7.72. The van der Waals surface area contributed by atoms with Crippen LogP contribution in [0.2, 0.25) is 0 Å². The zero-order valence-electron chi connectivity index (χ0n) is 24.5. The Morgan fingerprint density at radius 3 is 2.22 bits per heavy atom. The predicted octanol–water partition coefficient (Wildman–Crippen LogP) is 10.9. The van der Waals surface area contributed by atoms with Crippen molar-refractivity contribution in [3.8, 4) is 5.69 Å². The average molecular weight is 577 g/mol. The second-order valence-corrected chi connectivity index (χ2v) is 12.1. The minimum absolute atomic E-state index is 0.258.